The predicted molar refractivity (Wildman–Crippen MR) is 97.2 cm³/mol. The van der Waals surface area contributed by atoms with Crippen LogP contribution < -0.4 is 4.90 Å². The molecule has 3 heterocycles. The van der Waals surface area contributed by atoms with Gasteiger partial charge in [0.2, 0.25) is 0 Å². The fourth-order valence-corrected chi connectivity index (χ4v) is 3.96. The lowest BCUT2D eigenvalue weighted by atomic mass is 10.1. The molecule has 0 saturated carbocycles. The summed E-state index contributed by atoms with van der Waals surface area (Å²) in [4.78, 5) is 14.3. The second-order valence-electron chi connectivity index (χ2n) is 6.18. The molecule has 0 amide bonds. The number of benzene rings is 1. The molecule has 1 saturated heterocycles. The van der Waals surface area contributed by atoms with Gasteiger partial charge in [-0.2, -0.15) is 0 Å². The van der Waals surface area contributed by atoms with E-state index < -0.39 is 0 Å². The molecule has 0 radical (unpaired) electrons. The van der Waals surface area contributed by atoms with Crippen LogP contribution in [0.1, 0.15) is 11.1 Å². The fraction of sp³-hybridized carbons (Fsp3) is 0.333. The van der Waals surface area contributed by atoms with Gasteiger partial charge < -0.3 is 10.0 Å². The molecule has 1 N–H and O–H groups in total. The second kappa shape index (κ2) is 7.03. The monoisotopic (exact) mass is 358 g/mol. The summed E-state index contributed by atoms with van der Waals surface area (Å²) in [6.07, 6.45) is 1.62. The Hall–Kier alpha value is -2.09. The van der Waals surface area contributed by atoms with E-state index in [2.05, 4.69) is 25.8 Å². The van der Waals surface area contributed by atoms with Crippen molar-refractivity contribution in [3.05, 3.63) is 52.9 Å². The highest BCUT2D eigenvalue weighted by Gasteiger charge is 2.21. The zero-order valence-electron chi connectivity index (χ0n) is 13.7. The smallest absolute Gasteiger partial charge is 0.140 e. The summed E-state index contributed by atoms with van der Waals surface area (Å²) >= 11 is 1.62. The van der Waals surface area contributed by atoms with E-state index in [1.54, 1.807) is 29.8 Å². The quantitative estimate of drug-likeness (QED) is 0.777. The maximum atomic E-state index is 14.0. The molecule has 2 aromatic heterocycles. The molecule has 0 spiro atoms. The number of halogens is 1. The number of hydrogen-bond acceptors (Lipinski definition) is 6. The number of aliphatic hydroxyl groups is 1. The van der Waals surface area contributed by atoms with E-state index in [1.165, 1.54) is 6.07 Å². The summed E-state index contributed by atoms with van der Waals surface area (Å²) in [5.74, 6) is 0.773. The van der Waals surface area contributed by atoms with Gasteiger partial charge in [0.25, 0.3) is 0 Å². The second-order valence-corrected chi connectivity index (χ2v) is 7.08. The molecule has 0 unspecified atom stereocenters. The van der Waals surface area contributed by atoms with Gasteiger partial charge in [-0.05, 0) is 29.1 Å². The Morgan fingerprint density at radius 1 is 1.12 bits per heavy atom. The van der Waals surface area contributed by atoms with E-state index in [1.807, 2.05) is 5.38 Å². The molecule has 1 fully saturated rings. The fourth-order valence-electron chi connectivity index (χ4n) is 3.24. The third-order valence-electron chi connectivity index (χ3n) is 4.60. The molecule has 5 nitrogen and oxygen atoms in total. The summed E-state index contributed by atoms with van der Waals surface area (Å²) in [6.45, 7) is 3.89. The molecule has 4 rings (SSSR count). The number of nitrogens with zero attached hydrogens (tertiary/aromatic N) is 4. The first-order chi connectivity index (χ1) is 12.2. The third kappa shape index (κ3) is 3.35. The van der Waals surface area contributed by atoms with Gasteiger partial charge in [0.05, 0.1) is 12.0 Å². The summed E-state index contributed by atoms with van der Waals surface area (Å²) in [7, 11) is 0. The van der Waals surface area contributed by atoms with Crippen LogP contribution in [-0.4, -0.2) is 46.2 Å². The Morgan fingerprint density at radius 2 is 1.96 bits per heavy atom. The average molecular weight is 358 g/mol. The molecule has 1 aliphatic heterocycles. The van der Waals surface area contributed by atoms with Crippen molar-refractivity contribution in [1.29, 1.82) is 0 Å². The maximum absolute atomic E-state index is 14.0. The minimum absolute atomic E-state index is 0.0641. The molecular weight excluding hydrogens is 339 g/mol. The highest BCUT2D eigenvalue weighted by atomic mass is 32.1. The van der Waals surface area contributed by atoms with Gasteiger partial charge >= 0.3 is 0 Å². The zero-order chi connectivity index (χ0) is 17.2. The van der Waals surface area contributed by atoms with E-state index in [0.29, 0.717) is 12.1 Å². The van der Waals surface area contributed by atoms with Crippen LogP contribution in [0.3, 0.4) is 0 Å². The van der Waals surface area contributed by atoms with Crippen molar-refractivity contribution in [2.24, 2.45) is 0 Å². The Kier molecular flexibility index (Phi) is 4.61. The van der Waals surface area contributed by atoms with Crippen LogP contribution in [-0.2, 0) is 13.2 Å². The molecule has 3 aromatic rings. The Morgan fingerprint density at radius 3 is 2.76 bits per heavy atom. The van der Waals surface area contributed by atoms with E-state index >= 15 is 0 Å². The van der Waals surface area contributed by atoms with E-state index in [9.17, 15) is 9.50 Å². The molecule has 130 valence electrons. The van der Waals surface area contributed by atoms with Crippen LogP contribution in [0, 0.1) is 5.82 Å². The highest BCUT2D eigenvalue weighted by Crippen LogP contribution is 2.27. The first kappa shape index (κ1) is 16.4. The number of hydrogen-bond donors (Lipinski definition) is 1. The summed E-state index contributed by atoms with van der Waals surface area (Å²) in [6, 6.07) is 6.88. The number of anilines is 1. The molecule has 25 heavy (non-hydrogen) atoms. The molecule has 1 aromatic carbocycles. The lowest BCUT2D eigenvalue weighted by molar-refractivity contribution is 0.245. The highest BCUT2D eigenvalue weighted by molar-refractivity contribution is 7.16. The number of rotatable bonds is 4. The minimum Gasteiger partial charge on any atom is -0.392 e. The molecule has 0 bridgehead atoms. The first-order valence-corrected chi connectivity index (χ1v) is 9.16. The number of piperazine rings is 1. The van der Waals surface area contributed by atoms with E-state index in [4.69, 9.17) is 0 Å². The molecule has 0 aliphatic carbocycles. The Bertz CT molecular complexity index is 876. The van der Waals surface area contributed by atoms with E-state index in [-0.39, 0.29) is 12.4 Å². The lowest BCUT2D eigenvalue weighted by Crippen LogP contribution is -2.46. The molecule has 7 heteroatoms. The summed E-state index contributed by atoms with van der Waals surface area (Å²) in [5, 5.41) is 12.4. The standard InChI is InChI=1S/C18H19FN4OS/c19-16-2-1-13(11-24)9-14(16)10-22-4-6-23(7-5-22)17-15-3-8-25-18(15)21-12-20-17/h1-3,8-9,12,24H,4-7,10-11H2. The minimum atomic E-state index is -0.213. The van der Waals surface area contributed by atoms with Crippen molar-refractivity contribution in [3.8, 4) is 0 Å². The summed E-state index contributed by atoms with van der Waals surface area (Å²) < 4.78 is 14.0. The average Bonchev–Trinajstić information content (AvgIpc) is 3.13. The largest absolute Gasteiger partial charge is 0.392 e. The maximum Gasteiger partial charge on any atom is 0.140 e. The first-order valence-electron chi connectivity index (χ1n) is 8.28. The SMILES string of the molecule is OCc1ccc(F)c(CN2CCN(c3ncnc4sccc34)CC2)c1. The van der Waals surface area contributed by atoms with Crippen LogP contribution in [0.5, 0.6) is 0 Å². The van der Waals surface area contributed by atoms with Crippen molar-refractivity contribution >= 4 is 27.4 Å². The molecule has 0 atom stereocenters. The number of aromatic nitrogens is 2. The van der Waals surface area contributed by atoms with Crippen molar-refractivity contribution in [2.45, 2.75) is 13.2 Å². The lowest BCUT2D eigenvalue weighted by Gasteiger charge is -2.35. The molecule has 1 aliphatic rings. The van der Waals surface area contributed by atoms with E-state index in [0.717, 1.165) is 47.8 Å². The van der Waals surface area contributed by atoms with Gasteiger partial charge in [-0.15, -0.1) is 11.3 Å². The van der Waals surface area contributed by atoms with Crippen molar-refractivity contribution in [2.75, 3.05) is 31.1 Å². The van der Waals surface area contributed by atoms with Crippen LogP contribution in [0.25, 0.3) is 10.2 Å². The Labute approximate surface area is 149 Å². The van der Waals surface area contributed by atoms with Crippen molar-refractivity contribution < 1.29 is 9.50 Å². The van der Waals surface area contributed by atoms with Gasteiger partial charge in [-0.25, -0.2) is 14.4 Å². The normalized spacial score (nSPS) is 15.8. The summed E-state index contributed by atoms with van der Waals surface area (Å²) in [5.41, 5.74) is 1.39. The van der Waals surface area contributed by atoms with Crippen LogP contribution >= 0.6 is 11.3 Å². The molecular formula is C18H19FN4OS. The van der Waals surface area contributed by atoms with Crippen molar-refractivity contribution in [1.82, 2.24) is 14.9 Å². The Balaban J connectivity index is 1.44. The predicted octanol–water partition coefficient (Wildman–Crippen LogP) is 2.64. The van der Waals surface area contributed by atoms with Gasteiger partial charge in [0.15, 0.2) is 0 Å². The number of fused-ring (bicyclic) bond motifs is 1. The number of thiophene rings is 1. The third-order valence-corrected chi connectivity index (χ3v) is 5.42. The number of aliphatic hydroxyl groups excluding tert-OH is 1. The zero-order valence-corrected chi connectivity index (χ0v) is 14.5. The van der Waals surface area contributed by atoms with Crippen molar-refractivity contribution in [3.63, 3.8) is 0 Å². The van der Waals surface area contributed by atoms with Crippen LogP contribution in [0.2, 0.25) is 0 Å². The van der Waals surface area contributed by atoms with Gasteiger partial charge in [-0.1, -0.05) is 6.07 Å². The van der Waals surface area contributed by atoms with Gasteiger partial charge in [0, 0.05) is 38.3 Å². The van der Waals surface area contributed by atoms with Gasteiger partial charge in [-0.3, -0.25) is 4.90 Å². The van der Waals surface area contributed by atoms with Crippen LogP contribution in [0.15, 0.2) is 36.0 Å². The van der Waals surface area contributed by atoms with Gasteiger partial charge in [0.1, 0.15) is 22.8 Å². The topological polar surface area (TPSA) is 52.5 Å². The van der Waals surface area contributed by atoms with Crippen LogP contribution in [0.4, 0.5) is 10.2 Å².